The molecule has 21 heavy (non-hydrogen) atoms. The number of rotatable bonds is 5. The molecule has 0 bridgehead atoms. The van der Waals surface area contributed by atoms with Gasteiger partial charge in [0.05, 0.1) is 12.3 Å². The molecule has 0 N–H and O–H groups in total. The molecule has 0 aliphatic heterocycles. The van der Waals surface area contributed by atoms with Crippen molar-refractivity contribution in [2.75, 3.05) is 13.2 Å². The molecule has 0 saturated heterocycles. The van der Waals surface area contributed by atoms with Gasteiger partial charge in [0.1, 0.15) is 5.82 Å². The lowest BCUT2D eigenvalue weighted by Crippen LogP contribution is -2.15. The third kappa shape index (κ3) is 4.39. The van der Waals surface area contributed by atoms with Crippen molar-refractivity contribution in [3.05, 3.63) is 41.4 Å². The number of benzene rings is 1. The van der Waals surface area contributed by atoms with Gasteiger partial charge in [-0.2, -0.15) is 4.98 Å². The molecular formula is C14H12ClFN2O3. The van der Waals surface area contributed by atoms with Crippen LogP contribution in [-0.4, -0.2) is 29.2 Å². The van der Waals surface area contributed by atoms with E-state index in [1.165, 1.54) is 18.2 Å². The zero-order valence-electron chi connectivity index (χ0n) is 11.2. The van der Waals surface area contributed by atoms with E-state index in [0.717, 1.165) is 0 Å². The van der Waals surface area contributed by atoms with Gasteiger partial charge >= 0.3 is 5.97 Å². The molecule has 0 amide bonds. The zero-order chi connectivity index (χ0) is 15.2. The van der Waals surface area contributed by atoms with Crippen LogP contribution in [0.2, 0.25) is 5.28 Å². The standard InChI is InChI=1S/C14H12ClFN2O3/c1-2-20-13(19)8-21-12-7-11(17-14(15)18-12)9-3-5-10(16)6-4-9/h3-7H,2,8H2,1H3. The molecule has 110 valence electrons. The van der Waals surface area contributed by atoms with Crippen LogP contribution in [0, 0.1) is 5.82 Å². The lowest BCUT2D eigenvalue weighted by Gasteiger charge is -2.07. The van der Waals surface area contributed by atoms with E-state index >= 15 is 0 Å². The molecule has 0 atom stereocenters. The van der Waals surface area contributed by atoms with Gasteiger partial charge in [-0.25, -0.2) is 14.2 Å². The van der Waals surface area contributed by atoms with E-state index < -0.39 is 5.97 Å². The Morgan fingerprint density at radius 3 is 2.67 bits per heavy atom. The molecule has 1 aromatic carbocycles. The van der Waals surface area contributed by atoms with Crippen molar-refractivity contribution < 1.29 is 18.7 Å². The number of esters is 1. The highest BCUT2D eigenvalue weighted by atomic mass is 35.5. The fourth-order valence-corrected chi connectivity index (χ4v) is 1.75. The van der Waals surface area contributed by atoms with Crippen LogP contribution < -0.4 is 4.74 Å². The van der Waals surface area contributed by atoms with E-state index in [4.69, 9.17) is 21.1 Å². The smallest absolute Gasteiger partial charge is 0.344 e. The maximum absolute atomic E-state index is 12.9. The third-order valence-electron chi connectivity index (χ3n) is 2.46. The van der Waals surface area contributed by atoms with Crippen molar-refractivity contribution in [1.29, 1.82) is 0 Å². The summed E-state index contributed by atoms with van der Waals surface area (Å²) in [4.78, 5) is 19.1. The van der Waals surface area contributed by atoms with E-state index in [9.17, 15) is 9.18 Å². The number of ether oxygens (including phenoxy) is 2. The van der Waals surface area contributed by atoms with Crippen LogP contribution in [0.25, 0.3) is 11.3 Å². The normalized spacial score (nSPS) is 10.2. The van der Waals surface area contributed by atoms with Crippen LogP contribution in [0.4, 0.5) is 4.39 Å². The molecule has 1 heterocycles. The summed E-state index contributed by atoms with van der Waals surface area (Å²) < 4.78 is 22.9. The second-order valence-corrected chi connectivity index (χ2v) is 4.30. The fraction of sp³-hybridized carbons (Fsp3) is 0.214. The monoisotopic (exact) mass is 310 g/mol. The van der Waals surface area contributed by atoms with Crippen LogP contribution >= 0.6 is 11.6 Å². The van der Waals surface area contributed by atoms with Gasteiger partial charge in [0.25, 0.3) is 0 Å². The van der Waals surface area contributed by atoms with Crippen molar-refractivity contribution in [3.8, 4) is 17.1 Å². The minimum absolute atomic E-state index is 0.0318. The Morgan fingerprint density at radius 2 is 2.00 bits per heavy atom. The second-order valence-electron chi connectivity index (χ2n) is 3.96. The van der Waals surface area contributed by atoms with E-state index in [2.05, 4.69) is 9.97 Å². The van der Waals surface area contributed by atoms with Crippen LogP contribution in [0.3, 0.4) is 0 Å². The molecule has 0 spiro atoms. The SMILES string of the molecule is CCOC(=O)COc1cc(-c2ccc(F)cc2)nc(Cl)n1. The maximum atomic E-state index is 12.9. The Balaban J connectivity index is 2.17. The Kier molecular flexibility index (Phi) is 5.05. The average molecular weight is 311 g/mol. The molecule has 1 aromatic heterocycles. The molecular weight excluding hydrogens is 299 g/mol. The largest absolute Gasteiger partial charge is 0.466 e. The molecule has 0 aliphatic rings. The Morgan fingerprint density at radius 1 is 1.29 bits per heavy atom. The van der Waals surface area contributed by atoms with Gasteiger partial charge in [-0.15, -0.1) is 0 Å². The van der Waals surface area contributed by atoms with Gasteiger partial charge in [0.15, 0.2) is 6.61 Å². The highest BCUT2D eigenvalue weighted by molar-refractivity contribution is 6.28. The lowest BCUT2D eigenvalue weighted by molar-refractivity contribution is -0.145. The van der Waals surface area contributed by atoms with Crippen molar-refractivity contribution in [3.63, 3.8) is 0 Å². The van der Waals surface area contributed by atoms with Gasteiger partial charge in [-0.05, 0) is 42.8 Å². The summed E-state index contributed by atoms with van der Waals surface area (Å²) in [7, 11) is 0. The number of halogens is 2. The summed E-state index contributed by atoms with van der Waals surface area (Å²) in [6.45, 7) is 1.70. The maximum Gasteiger partial charge on any atom is 0.344 e. The van der Waals surface area contributed by atoms with Gasteiger partial charge in [0.2, 0.25) is 11.2 Å². The molecule has 0 unspecified atom stereocenters. The van der Waals surface area contributed by atoms with E-state index in [1.807, 2.05) is 0 Å². The Labute approximate surface area is 125 Å². The van der Waals surface area contributed by atoms with E-state index in [0.29, 0.717) is 11.3 Å². The first-order valence-electron chi connectivity index (χ1n) is 6.17. The molecule has 7 heteroatoms. The van der Waals surface area contributed by atoms with Crippen molar-refractivity contribution in [2.24, 2.45) is 0 Å². The second kappa shape index (κ2) is 6.99. The summed E-state index contributed by atoms with van der Waals surface area (Å²) in [5, 5.41) is -0.0318. The first-order valence-corrected chi connectivity index (χ1v) is 6.55. The topological polar surface area (TPSA) is 61.3 Å². The highest BCUT2D eigenvalue weighted by Crippen LogP contribution is 2.22. The molecule has 2 rings (SSSR count). The van der Waals surface area contributed by atoms with Gasteiger partial charge < -0.3 is 9.47 Å². The third-order valence-corrected chi connectivity index (χ3v) is 2.63. The molecule has 0 saturated carbocycles. The zero-order valence-corrected chi connectivity index (χ0v) is 11.9. The van der Waals surface area contributed by atoms with Crippen molar-refractivity contribution in [1.82, 2.24) is 9.97 Å². The molecule has 0 aliphatic carbocycles. The number of carbonyl (C=O) groups is 1. The van der Waals surface area contributed by atoms with Gasteiger partial charge in [0, 0.05) is 11.6 Å². The number of hydrogen-bond donors (Lipinski definition) is 0. The van der Waals surface area contributed by atoms with Gasteiger partial charge in [-0.3, -0.25) is 0 Å². The first-order chi connectivity index (χ1) is 10.1. The van der Waals surface area contributed by atoms with Crippen LogP contribution in [-0.2, 0) is 9.53 Å². The fourth-order valence-electron chi connectivity index (χ4n) is 1.57. The summed E-state index contributed by atoms with van der Waals surface area (Å²) >= 11 is 5.82. The molecule has 2 aromatic rings. The summed E-state index contributed by atoms with van der Waals surface area (Å²) in [5.74, 6) is -0.712. The minimum Gasteiger partial charge on any atom is -0.466 e. The van der Waals surface area contributed by atoms with Crippen LogP contribution in [0.5, 0.6) is 5.88 Å². The Bertz CT molecular complexity index is 635. The average Bonchev–Trinajstić information content (AvgIpc) is 2.46. The molecule has 0 radical (unpaired) electrons. The number of aromatic nitrogens is 2. The molecule has 0 fully saturated rings. The van der Waals surface area contributed by atoms with Crippen LogP contribution in [0.1, 0.15) is 6.92 Å². The lowest BCUT2D eigenvalue weighted by atomic mass is 10.1. The van der Waals surface area contributed by atoms with E-state index in [1.54, 1.807) is 19.1 Å². The molecule has 5 nitrogen and oxygen atoms in total. The van der Waals surface area contributed by atoms with Crippen LogP contribution in [0.15, 0.2) is 30.3 Å². The highest BCUT2D eigenvalue weighted by Gasteiger charge is 2.09. The predicted octanol–water partition coefficient (Wildman–Crippen LogP) is 2.88. The predicted molar refractivity (Wildman–Crippen MR) is 74.6 cm³/mol. The quantitative estimate of drug-likeness (QED) is 0.627. The van der Waals surface area contributed by atoms with Crippen molar-refractivity contribution >= 4 is 17.6 Å². The van der Waals surface area contributed by atoms with Crippen molar-refractivity contribution in [2.45, 2.75) is 6.92 Å². The number of carbonyl (C=O) groups excluding carboxylic acids is 1. The summed E-state index contributed by atoms with van der Waals surface area (Å²) in [6.07, 6.45) is 0. The minimum atomic E-state index is -0.504. The van der Waals surface area contributed by atoms with Gasteiger partial charge in [-0.1, -0.05) is 0 Å². The Hall–Kier alpha value is -2.21. The number of hydrogen-bond acceptors (Lipinski definition) is 5. The van der Waals surface area contributed by atoms with E-state index in [-0.39, 0.29) is 30.2 Å². The summed E-state index contributed by atoms with van der Waals surface area (Å²) in [5.41, 5.74) is 1.12. The first kappa shape index (κ1) is 15.2. The number of nitrogens with zero attached hydrogens (tertiary/aromatic N) is 2. The summed E-state index contributed by atoms with van der Waals surface area (Å²) in [6, 6.07) is 7.25.